The highest BCUT2D eigenvalue weighted by Gasteiger charge is 2.22. The van der Waals surface area contributed by atoms with Crippen molar-refractivity contribution in [1.82, 2.24) is 0 Å². The Balaban J connectivity index is 3.22. The Morgan fingerprint density at radius 2 is 1.93 bits per heavy atom. The van der Waals surface area contributed by atoms with E-state index in [9.17, 15) is 12.8 Å². The second-order valence-corrected chi connectivity index (χ2v) is 5.03. The molecule has 0 aliphatic rings. The van der Waals surface area contributed by atoms with E-state index in [1.807, 2.05) is 0 Å². The molecule has 0 saturated carbocycles. The van der Waals surface area contributed by atoms with E-state index in [-0.39, 0.29) is 5.56 Å². The number of aryl methyl sites for hydroxylation is 1. The predicted molar refractivity (Wildman–Crippen MR) is 54.5 cm³/mol. The molecular weight excluding hydrogens is 219 g/mol. The molecule has 1 rings (SSSR count). The average Bonchev–Trinajstić information content (AvgIpc) is 2.07. The van der Waals surface area contributed by atoms with Crippen LogP contribution in [0.15, 0.2) is 23.1 Å². The zero-order valence-corrected chi connectivity index (χ0v) is 9.64. The van der Waals surface area contributed by atoms with Gasteiger partial charge in [-0.2, -0.15) is 8.42 Å². The van der Waals surface area contributed by atoms with E-state index in [0.717, 1.165) is 0 Å². The van der Waals surface area contributed by atoms with Crippen LogP contribution in [0.5, 0.6) is 0 Å². The van der Waals surface area contributed by atoms with Crippen molar-refractivity contribution in [2.75, 3.05) is 0 Å². The highest BCUT2D eigenvalue weighted by atomic mass is 32.2. The molecule has 0 aromatic heterocycles. The quantitative estimate of drug-likeness (QED) is 0.751. The smallest absolute Gasteiger partial charge is 0.264 e. The van der Waals surface area contributed by atoms with Crippen LogP contribution in [-0.2, 0) is 14.3 Å². The fraction of sp³-hybridized carbons (Fsp3) is 0.400. The van der Waals surface area contributed by atoms with Gasteiger partial charge in [-0.1, -0.05) is 12.1 Å². The lowest BCUT2D eigenvalue weighted by molar-refractivity contribution is 0.247. The summed E-state index contributed by atoms with van der Waals surface area (Å²) >= 11 is 0. The molecule has 0 spiro atoms. The van der Waals surface area contributed by atoms with Crippen molar-refractivity contribution in [2.24, 2.45) is 0 Å². The summed E-state index contributed by atoms with van der Waals surface area (Å²) in [6.45, 7) is 4.65. The van der Waals surface area contributed by atoms with E-state index in [1.165, 1.54) is 25.1 Å². The maximum atomic E-state index is 13.5. The summed E-state index contributed by atoms with van der Waals surface area (Å²) in [5.74, 6) is -0.752. The van der Waals surface area contributed by atoms with Crippen LogP contribution in [0.4, 0.5) is 4.39 Å². The van der Waals surface area contributed by atoms with Crippen molar-refractivity contribution in [3.8, 4) is 0 Å². The van der Waals surface area contributed by atoms with E-state index < -0.39 is 26.9 Å². The third kappa shape index (κ3) is 2.76. The first kappa shape index (κ1) is 12.1. The van der Waals surface area contributed by atoms with Gasteiger partial charge in [-0.05, 0) is 32.4 Å². The Kier molecular flexibility index (Phi) is 3.46. The lowest BCUT2D eigenvalue weighted by Gasteiger charge is -2.09. The van der Waals surface area contributed by atoms with Crippen LogP contribution >= 0.6 is 0 Å². The largest absolute Gasteiger partial charge is 0.300 e. The molecule has 0 N–H and O–H groups in total. The van der Waals surface area contributed by atoms with Crippen molar-refractivity contribution < 1.29 is 17.0 Å². The molecule has 0 heterocycles. The highest BCUT2D eigenvalue weighted by Crippen LogP contribution is 2.20. The number of rotatable bonds is 3. The van der Waals surface area contributed by atoms with E-state index in [2.05, 4.69) is 0 Å². The lowest BCUT2D eigenvalue weighted by Crippen LogP contribution is -2.14. The van der Waals surface area contributed by atoms with Gasteiger partial charge in [-0.25, -0.2) is 4.39 Å². The van der Waals surface area contributed by atoms with Gasteiger partial charge in [0.05, 0.1) is 6.10 Å². The van der Waals surface area contributed by atoms with Gasteiger partial charge in [0.1, 0.15) is 10.7 Å². The normalized spacial score (nSPS) is 12.1. The van der Waals surface area contributed by atoms with Crippen molar-refractivity contribution in [2.45, 2.75) is 31.8 Å². The van der Waals surface area contributed by atoms with Crippen LogP contribution in [0.2, 0.25) is 0 Å². The molecule has 5 heteroatoms. The summed E-state index contributed by atoms with van der Waals surface area (Å²) in [7, 11) is -3.99. The van der Waals surface area contributed by atoms with E-state index in [0.29, 0.717) is 0 Å². The fourth-order valence-corrected chi connectivity index (χ4v) is 2.35. The number of hydrogen-bond acceptors (Lipinski definition) is 3. The van der Waals surface area contributed by atoms with Crippen LogP contribution in [0.1, 0.15) is 19.4 Å². The summed E-state index contributed by atoms with van der Waals surface area (Å²) < 4.78 is 41.3. The second kappa shape index (κ2) is 4.28. The Labute approximate surface area is 89.0 Å². The van der Waals surface area contributed by atoms with Gasteiger partial charge in [0.25, 0.3) is 10.1 Å². The minimum atomic E-state index is -3.99. The third-order valence-corrected chi connectivity index (χ3v) is 3.24. The number of hydrogen-bond donors (Lipinski definition) is 0. The Bertz CT molecular complexity index is 452. The zero-order valence-electron chi connectivity index (χ0n) is 8.82. The molecule has 1 aromatic rings. The van der Waals surface area contributed by atoms with Gasteiger partial charge in [0.15, 0.2) is 0 Å². The van der Waals surface area contributed by atoms with Gasteiger partial charge in [0, 0.05) is 0 Å². The first-order valence-electron chi connectivity index (χ1n) is 4.53. The molecule has 0 atom stereocenters. The number of benzene rings is 1. The van der Waals surface area contributed by atoms with E-state index in [1.54, 1.807) is 13.8 Å². The standard InChI is InChI=1S/C10H13FO3S/c1-7(2)14-15(12,13)9-6-4-5-8(3)10(9)11/h4-7H,1-3H3. The molecular formula is C10H13FO3S. The van der Waals surface area contributed by atoms with Gasteiger partial charge in [-0.3, -0.25) is 4.18 Å². The van der Waals surface area contributed by atoms with Crippen LogP contribution in [0.3, 0.4) is 0 Å². The van der Waals surface area contributed by atoms with Gasteiger partial charge in [0.2, 0.25) is 0 Å². The van der Waals surface area contributed by atoms with Crippen LogP contribution in [0, 0.1) is 12.7 Å². The molecule has 0 aliphatic heterocycles. The van der Waals surface area contributed by atoms with Crippen molar-refractivity contribution in [3.63, 3.8) is 0 Å². The Morgan fingerprint density at radius 1 is 1.33 bits per heavy atom. The first-order valence-corrected chi connectivity index (χ1v) is 5.94. The summed E-state index contributed by atoms with van der Waals surface area (Å²) in [4.78, 5) is -0.406. The molecule has 3 nitrogen and oxygen atoms in total. The minimum Gasteiger partial charge on any atom is -0.264 e. The molecule has 84 valence electrons. The topological polar surface area (TPSA) is 43.4 Å². The zero-order chi connectivity index (χ0) is 11.6. The monoisotopic (exact) mass is 232 g/mol. The van der Waals surface area contributed by atoms with Crippen LogP contribution in [-0.4, -0.2) is 14.5 Å². The average molecular weight is 232 g/mol. The molecule has 0 unspecified atom stereocenters. The summed E-state index contributed by atoms with van der Waals surface area (Å²) in [6, 6.07) is 4.18. The SMILES string of the molecule is Cc1cccc(S(=O)(=O)OC(C)C)c1F. The van der Waals surface area contributed by atoms with E-state index >= 15 is 0 Å². The van der Waals surface area contributed by atoms with Gasteiger partial charge >= 0.3 is 0 Å². The van der Waals surface area contributed by atoms with Crippen LogP contribution in [0.25, 0.3) is 0 Å². The molecule has 0 bridgehead atoms. The molecule has 1 aromatic carbocycles. The molecule has 0 saturated heterocycles. The summed E-state index contributed by atoms with van der Waals surface area (Å²) in [5.41, 5.74) is 0.281. The van der Waals surface area contributed by atoms with Gasteiger partial charge < -0.3 is 0 Å². The van der Waals surface area contributed by atoms with Crippen molar-refractivity contribution >= 4 is 10.1 Å². The lowest BCUT2D eigenvalue weighted by atomic mass is 10.2. The summed E-state index contributed by atoms with van der Waals surface area (Å²) in [6.07, 6.45) is -0.505. The Morgan fingerprint density at radius 3 is 2.47 bits per heavy atom. The predicted octanol–water partition coefficient (Wildman–Crippen LogP) is 2.25. The minimum absolute atomic E-state index is 0.281. The first-order chi connectivity index (χ1) is 6.84. The van der Waals surface area contributed by atoms with Gasteiger partial charge in [-0.15, -0.1) is 0 Å². The Hall–Kier alpha value is -0.940. The summed E-state index contributed by atoms with van der Waals surface area (Å²) in [5, 5.41) is 0. The molecule has 15 heavy (non-hydrogen) atoms. The van der Waals surface area contributed by atoms with E-state index in [4.69, 9.17) is 4.18 Å². The third-order valence-electron chi connectivity index (χ3n) is 1.74. The maximum Gasteiger partial charge on any atom is 0.300 e. The fourth-order valence-electron chi connectivity index (χ4n) is 1.12. The number of halogens is 1. The molecule has 0 aliphatic carbocycles. The van der Waals surface area contributed by atoms with Crippen molar-refractivity contribution in [1.29, 1.82) is 0 Å². The molecule has 0 fully saturated rings. The van der Waals surface area contributed by atoms with Crippen molar-refractivity contribution in [3.05, 3.63) is 29.6 Å². The molecule has 0 amide bonds. The highest BCUT2D eigenvalue weighted by molar-refractivity contribution is 7.86. The molecule has 0 radical (unpaired) electrons. The maximum absolute atomic E-state index is 13.5. The van der Waals surface area contributed by atoms with Crippen LogP contribution < -0.4 is 0 Å². The second-order valence-electron chi connectivity index (χ2n) is 3.49.